The number of nitrogens with zero attached hydrogens (tertiary/aromatic N) is 4. The summed E-state index contributed by atoms with van der Waals surface area (Å²) in [5.41, 5.74) is 13.6. The number of carboxylic acid groups (broad SMARTS) is 1. The molecule has 1 aromatic heterocycles. The number of aryl methyl sites for hydroxylation is 1. The number of hydrogen-bond acceptors (Lipinski definition) is 7. The number of aromatic carboxylic acids is 1. The van der Waals surface area contributed by atoms with Crippen LogP contribution in [0.2, 0.25) is 0 Å². The second kappa shape index (κ2) is 12.4. The maximum Gasteiger partial charge on any atom is 0.353 e. The highest BCUT2D eigenvalue weighted by Crippen LogP contribution is 2.46. The van der Waals surface area contributed by atoms with Gasteiger partial charge in [-0.1, -0.05) is 39.0 Å². The summed E-state index contributed by atoms with van der Waals surface area (Å²) in [6.45, 7) is 9.82. The van der Waals surface area contributed by atoms with Crippen molar-refractivity contribution in [2.75, 3.05) is 46.9 Å². The predicted octanol–water partition coefficient (Wildman–Crippen LogP) is 2.79. The number of carbonyl (C=O) groups is 4. The Morgan fingerprint density at radius 3 is 2.17 bits per heavy atom. The summed E-state index contributed by atoms with van der Waals surface area (Å²) >= 11 is 0. The molecule has 0 bridgehead atoms. The molecule has 2 saturated heterocycles. The summed E-state index contributed by atoms with van der Waals surface area (Å²) in [4.78, 5) is 58.2. The zero-order valence-corrected chi connectivity index (χ0v) is 27.5. The minimum absolute atomic E-state index is 0.0139. The minimum atomic E-state index is -1.18. The lowest BCUT2D eigenvalue weighted by atomic mass is 9.77. The third-order valence-corrected chi connectivity index (χ3v) is 9.44. The van der Waals surface area contributed by atoms with Gasteiger partial charge in [0.1, 0.15) is 11.4 Å². The number of methoxy groups -OCH3 is 1. The van der Waals surface area contributed by atoms with Gasteiger partial charge in [0.05, 0.1) is 29.8 Å². The van der Waals surface area contributed by atoms with Crippen LogP contribution in [0.15, 0.2) is 24.3 Å². The summed E-state index contributed by atoms with van der Waals surface area (Å²) in [7, 11) is 5.02. The van der Waals surface area contributed by atoms with Crippen molar-refractivity contribution in [3.8, 4) is 16.9 Å². The lowest BCUT2D eigenvalue weighted by Gasteiger charge is -2.37. The predicted molar refractivity (Wildman–Crippen MR) is 175 cm³/mol. The molecule has 12 nitrogen and oxygen atoms in total. The molecule has 2 fully saturated rings. The Morgan fingerprint density at radius 2 is 1.65 bits per heavy atom. The average molecular weight is 633 g/mol. The van der Waals surface area contributed by atoms with Gasteiger partial charge in [-0.2, -0.15) is 0 Å². The third-order valence-electron chi connectivity index (χ3n) is 9.44. The molecule has 3 heterocycles. The molecule has 0 radical (unpaired) electrons. The number of carbonyl (C=O) groups excluding carboxylic acids is 3. The fraction of sp³-hybridized carbons (Fsp3) is 0.471. The van der Waals surface area contributed by atoms with Crippen LogP contribution < -0.4 is 16.2 Å². The van der Waals surface area contributed by atoms with Gasteiger partial charge in [0.25, 0.3) is 11.8 Å². The van der Waals surface area contributed by atoms with Gasteiger partial charge >= 0.3 is 5.97 Å². The second-order valence-corrected chi connectivity index (χ2v) is 13.4. The van der Waals surface area contributed by atoms with Gasteiger partial charge in [0, 0.05) is 56.3 Å². The number of benzene rings is 2. The Hall–Kier alpha value is -4.42. The Balaban J connectivity index is 1.63. The van der Waals surface area contributed by atoms with Crippen LogP contribution in [0.4, 0.5) is 0 Å². The van der Waals surface area contributed by atoms with Crippen molar-refractivity contribution < 1.29 is 29.0 Å². The van der Waals surface area contributed by atoms with E-state index < -0.39 is 23.2 Å². The number of rotatable bonds is 8. The lowest BCUT2D eigenvalue weighted by Crippen LogP contribution is -2.52. The van der Waals surface area contributed by atoms with E-state index in [0.29, 0.717) is 60.3 Å². The van der Waals surface area contributed by atoms with E-state index in [2.05, 4.69) is 9.80 Å². The number of para-hydroxylation sites is 1. The fourth-order valence-electron chi connectivity index (χ4n) is 7.17. The molecule has 2 aliphatic heterocycles. The van der Waals surface area contributed by atoms with Gasteiger partial charge in [0.2, 0.25) is 5.91 Å². The number of amides is 3. The Morgan fingerprint density at radius 1 is 0.978 bits per heavy atom. The molecule has 46 heavy (non-hydrogen) atoms. The van der Waals surface area contributed by atoms with E-state index in [1.165, 1.54) is 7.11 Å². The summed E-state index contributed by atoms with van der Waals surface area (Å²) in [5.74, 6) is -2.76. The lowest BCUT2D eigenvalue weighted by molar-refractivity contribution is -0.137. The molecular weight excluding hydrogens is 588 g/mol. The van der Waals surface area contributed by atoms with Crippen LogP contribution in [0.25, 0.3) is 22.0 Å². The molecule has 5 N–H and O–H groups in total. The summed E-state index contributed by atoms with van der Waals surface area (Å²) < 4.78 is 7.19. The molecule has 0 saturated carbocycles. The summed E-state index contributed by atoms with van der Waals surface area (Å²) in [6, 6.07) is 7.20. The number of likely N-dealkylation sites (N-methyl/N-ethyl adjacent to an activating group) is 1. The van der Waals surface area contributed by atoms with Gasteiger partial charge in [-0.3, -0.25) is 24.2 Å². The fourth-order valence-corrected chi connectivity index (χ4v) is 7.17. The average Bonchev–Trinajstić information content (AvgIpc) is 3.56. The molecule has 5 rings (SSSR count). The van der Waals surface area contributed by atoms with Crippen LogP contribution in [-0.2, 0) is 23.8 Å². The number of primary amides is 2. The van der Waals surface area contributed by atoms with Crippen molar-refractivity contribution in [1.29, 1.82) is 0 Å². The van der Waals surface area contributed by atoms with Crippen molar-refractivity contribution >= 4 is 34.6 Å². The number of nitrogens with two attached hydrogens (primary N) is 2. The minimum Gasteiger partial charge on any atom is -0.495 e. The number of piperazine rings is 1. The molecule has 1 unspecified atom stereocenters. The molecular formula is C34H44N6O6. The van der Waals surface area contributed by atoms with E-state index in [9.17, 15) is 24.3 Å². The van der Waals surface area contributed by atoms with Crippen LogP contribution in [0.1, 0.15) is 75.9 Å². The van der Waals surface area contributed by atoms with Gasteiger partial charge in [-0.25, -0.2) is 4.79 Å². The molecule has 3 aromatic rings. The first-order chi connectivity index (χ1) is 21.7. The summed E-state index contributed by atoms with van der Waals surface area (Å²) in [6.07, 6.45) is 1.93. The number of likely N-dealkylation sites (tertiary alicyclic amines) is 1. The van der Waals surface area contributed by atoms with Gasteiger partial charge in [-0.15, -0.1) is 0 Å². The second-order valence-electron chi connectivity index (χ2n) is 13.4. The first kappa shape index (κ1) is 33.0. The normalized spacial score (nSPS) is 17.9. The molecule has 246 valence electrons. The zero-order chi connectivity index (χ0) is 33.7. The Kier molecular flexibility index (Phi) is 8.89. The number of ether oxygens (including phenoxy) is 1. The van der Waals surface area contributed by atoms with Crippen molar-refractivity contribution in [3.63, 3.8) is 0 Å². The summed E-state index contributed by atoms with van der Waals surface area (Å²) in [5, 5.41) is 11.2. The largest absolute Gasteiger partial charge is 0.495 e. The van der Waals surface area contributed by atoms with Gasteiger partial charge in [0.15, 0.2) is 0 Å². The quantitative estimate of drug-likeness (QED) is 0.341. The van der Waals surface area contributed by atoms with Crippen LogP contribution >= 0.6 is 0 Å². The van der Waals surface area contributed by atoms with E-state index in [1.807, 2.05) is 50.9 Å². The van der Waals surface area contributed by atoms with E-state index >= 15 is 0 Å². The van der Waals surface area contributed by atoms with Crippen LogP contribution in [-0.4, -0.2) is 101 Å². The van der Waals surface area contributed by atoms with Crippen LogP contribution in [0, 0.1) is 0 Å². The van der Waals surface area contributed by atoms with Crippen LogP contribution in [0.5, 0.6) is 5.75 Å². The topological polar surface area (TPSA) is 164 Å². The number of aromatic nitrogens is 1. The van der Waals surface area contributed by atoms with Crippen molar-refractivity contribution in [2.24, 2.45) is 18.5 Å². The molecule has 2 aliphatic rings. The monoisotopic (exact) mass is 632 g/mol. The molecule has 2 aromatic carbocycles. The zero-order valence-electron chi connectivity index (χ0n) is 27.5. The van der Waals surface area contributed by atoms with Gasteiger partial charge in [-0.05, 0) is 49.0 Å². The van der Waals surface area contributed by atoms with E-state index in [-0.39, 0.29) is 34.5 Å². The first-order valence-electron chi connectivity index (χ1n) is 15.6. The maximum atomic E-state index is 13.2. The van der Waals surface area contributed by atoms with E-state index in [0.717, 1.165) is 24.9 Å². The number of hydrogen-bond donors (Lipinski definition) is 3. The Labute approximate surface area is 268 Å². The first-order valence-corrected chi connectivity index (χ1v) is 15.6. The van der Waals surface area contributed by atoms with E-state index in [1.54, 1.807) is 17.7 Å². The smallest absolute Gasteiger partial charge is 0.353 e. The van der Waals surface area contributed by atoms with E-state index in [4.69, 9.17) is 16.2 Å². The van der Waals surface area contributed by atoms with Crippen LogP contribution in [0.3, 0.4) is 0 Å². The maximum absolute atomic E-state index is 13.2. The Bertz CT molecular complexity index is 1730. The number of carboxylic acids is 1. The third kappa shape index (κ3) is 5.71. The van der Waals surface area contributed by atoms with Gasteiger partial charge < -0.3 is 30.8 Å². The molecule has 1 atom stereocenters. The molecule has 3 amide bonds. The highest BCUT2D eigenvalue weighted by atomic mass is 16.5. The standard InChI is InChI=1S/C34H44N6O6/c1-34(2,3)22-17-21(30(35)41)29(46-6)26(31(36)42)25(22)24-20-10-7-9-19(27(20)38(5)28(24)33(44)45)18-39-13-15-40(16-14-39)32(43)23-11-8-12-37(23)4/h7,9-10,17,23H,8,11-16,18H2,1-6H3,(H2,35,41)(H2,36,42)(H,44,45). The molecule has 0 spiro atoms. The number of fused-ring (bicyclic) bond motifs is 1. The van der Waals surface area contributed by atoms with Crippen molar-refractivity contribution in [1.82, 2.24) is 19.3 Å². The molecule has 12 heteroatoms. The highest BCUT2D eigenvalue weighted by Gasteiger charge is 2.36. The SMILES string of the molecule is COc1c(C(N)=O)cc(C(C)(C)C)c(-c2c(C(=O)O)n(C)c3c(CN4CCN(C(=O)C5CCCN5C)CC4)cccc23)c1C(N)=O. The highest BCUT2D eigenvalue weighted by molar-refractivity contribution is 6.16. The van der Waals surface area contributed by atoms with Crippen molar-refractivity contribution in [3.05, 3.63) is 52.2 Å². The van der Waals surface area contributed by atoms with Crippen molar-refractivity contribution in [2.45, 2.75) is 51.6 Å². The molecule has 0 aliphatic carbocycles.